The molecule has 0 saturated carbocycles. The average Bonchev–Trinajstić information content (AvgIpc) is 3.08. The summed E-state index contributed by atoms with van der Waals surface area (Å²) in [5.41, 5.74) is 5.98. The second kappa shape index (κ2) is 5.12. The van der Waals surface area contributed by atoms with E-state index in [1.54, 1.807) is 0 Å². The van der Waals surface area contributed by atoms with Crippen LogP contribution in [-0.2, 0) is 19.4 Å². The maximum atomic E-state index is 6.22. The summed E-state index contributed by atoms with van der Waals surface area (Å²) < 4.78 is 5.59. The van der Waals surface area contributed by atoms with Crippen LogP contribution in [0.1, 0.15) is 23.1 Å². The smallest absolute Gasteiger partial charge is 0.199 e. The van der Waals surface area contributed by atoms with Gasteiger partial charge in [-0.1, -0.05) is 24.3 Å². The lowest BCUT2D eigenvalue weighted by Crippen LogP contribution is -2.00. The zero-order chi connectivity index (χ0) is 14.2. The summed E-state index contributed by atoms with van der Waals surface area (Å²) in [4.78, 5) is 0. The number of anilines is 1. The van der Waals surface area contributed by atoms with Gasteiger partial charge in [0.15, 0.2) is 5.22 Å². The van der Waals surface area contributed by atoms with Gasteiger partial charge in [-0.15, -0.1) is 0 Å². The Morgan fingerprint density at radius 1 is 1.05 bits per heavy atom. The van der Waals surface area contributed by atoms with Gasteiger partial charge in [0.25, 0.3) is 0 Å². The third kappa shape index (κ3) is 2.30. The Balaban J connectivity index is 1.60. The van der Waals surface area contributed by atoms with Crippen molar-refractivity contribution in [3.63, 3.8) is 0 Å². The molecule has 4 rings (SSSR count). The monoisotopic (exact) mass is 297 g/mol. The van der Waals surface area contributed by atoms with Crippen LogP contribution < -0.4 is 5.32 Å². The van der Waals surface area contributed by atoms with Gasteiger partial charge in [-0.2, -0.15) is 0 Å². The summed E-state index contributed by atoms with van der Waals surface area (Å²) in [6.07, 6.45) is 3.69. The SMILES string of the molecule is Clc1oc2ccccc2c1CNc1ccc2c(c1)CCC2. The van der Waals surface area contributed by atoms with Crippen molar-refractivity contribution in [2.24, 2.45) is 0 Å². The topological polar surface area (TPSA) is 25.2 Å². The van der Waals surface area contributed by atoms with Crippen LogP contribution in [0.4, 0.5) is 5.69 Å². The zero-order valence-corrected chi connectivity index (χ0v) is 12.4. The molecule has 3 aromatic rings. The van der Waals surface area contributed by atoms with Gasteiger partial charge >= 0.3 is 0 Å². The van der Waals surface area contributed by atoms with Gasteiger partial charge in [0.1, 0.15) is 5.58 Å². The summed E-state index contributed by atoms with van der Waals surface area (Å²) in [6, 6.07) is 14.6. The maximum absolute atomic E-state index is 6.22. The minimum atomic E-state index is 0.477. The molecule has 1 N–H and O–H groups in total. The zero-order valence-electron chi connectivity index (χ0n) is 11.7. The van der Waals surface area contributed by atoms with E-state index in [0.29, 0.717) is 11.8 Å². The van der Waals surface area contributed by atoms with E-state index in [9.17, 15) is 0 Å². The molecule has 0 radical (unpaired) electrons. The van der Waals surface area contributed by atoms with Crippen molar-refractivity contribution in [1.29, 1.82) is 0 Å². The van der Waals surface area contributed by atoms with Crippen LogP contribution in [-0.4, -0.2) is 0 Å². The summed E-state index contributed by atoms with van der Waals surface area (Å²) in [5.74, 6) is 0. The lowest BCUT2D eigenvalue weighted by atomic mass is 10.1. The lowest BCUT2D eigenvalue weighted by molar-refractivity contribution is 0.613. The van der Waals surface area contributed by atoms with E-state index in [2.05, 4.69) is 23.5 Å². The second-order valence-corrected chi connectivity index (χ2v) is 5.88. The maximum Gasteiger partial charge on any atom is 0.199 e. The standard InChI is InChI=1S/C18H16ClNO/c19-18-16(15-6-1-2-7-17(15)21-18)11-20-14-9-8-12-4-3-5-13(12)10-14/h1-2,6-10,20H,3-5,11H2. The number of furan rings is 1. The molecule has 0 fully saturated rings. The van der Waals surface area contributed by atoms with Crippen molar-refractivity contribution < 1.29 is 4.42 Å². The number of halogens is 1. The highest BCUT2D eigenvalue weighted by atomic mass is 35.5. The Kier molecular flexibility index (Phi) is 3.12. The average molecular weight is 298 g/mol. The highest BCUT2D eigenvalue weighted by Gasteiger charge is 2.13. The van der Waals surface area contributed by atoms with Gasteiger partial charge in [-0.3, -0.25) is 0 Å². The molecule has 0 unspecified atom stereocenters. The molecule has 0 atom stereocenters. The summed E-state index contributed by atoms with van der Waals surface area (Å²) >= 11 is 6.22. The summed E-state index contributed by atoms with van der Waals surface area (Å²) in [7, 11) is 0. The number of hydrogen-bond donors (Lipinski definition) is 1. The van der Waals surface area contributed by atoms with Gasteiger partial charge in [0.2, 0.25) is 0 Å². The number of para-hydroxylation sites is 1. The molecule has 1 aromatic heterocycles. The Bertz CT molecular complexity index is 806. The normalized spacial score (nSPS) is 13.6. The Labute approximate surface area is 128 Å². The van der Waals surface area contributed by atoms with E-state index in [1.807, 2.05) is 24.3 Å². The van der Waals surface area contributed by atoms with Crippen LogP contribution >= 0.6 is 11.6 Å². The highest BCUT2D eigenvalue weighted by Crippen LogP contribution is 2.31. The van der Waals surface area contributed by atoms with Gasteiger partial charge in [-0.05, 0) is 60.2 Å². The first-order chi connectivity index (χ1) is 10.3. The van der Waals surface area contributed by atoms with Gasteiger partial charge in [0, 0.05) is 23.2 Å². The Morgan fingerprint density at radius 2 is 1.90 bits per heavy atom. The van der Waals surface area contributed by atoms with Crippen LogP contribution in [0.25, 0.3) is 11.0 Å². The molecule has 2 aromatic carbocycles. The molecule has 3 heteroatoms. The van der Waals surface area contributed by atoms with Crippen LogP contribution in [0, 0.1) is 0 Å². The minimum Gasteiger partial charge on any atom is -0.444 e. The van der Waals surface area contributed by atoms with Crippen molar-refractivity contribution in [3.05, 3.63) is 64.4 Å². The highest BCUT2D eigenvalue weighted by molar-refractivity contribution is 6.30. The first-order valence-corrected chi connectivity index (χ1v) is 7.70. The predicted molar refractivity (Wildman–Crippen MR) is 87.0 cm³/mol. The summed E-state index contributed by atoms with van der Waals surface area (Å²) in [5, 5.41) is 5.02. The third-order valence-corrected chi connectivity index (χ3v) is 4.52. The number of nitrogens with one attached hydrogen (secondary N) is 1. The fourth-order valence-corrected chi connectivity index (χ4v) is 3.36. The summed E-state index contributed by atoms with van der Waals surface area (Å²) in [6.45, 7) is 0.675. The van der Waals surface area contributed by atoms with E-state index >= 15 is 0 Å². The number of benzene rings is 2. The lowest BCUT2D eigenvalue weighted by Gasteiger charge is -2.08. The molecule has 0 spiro atoms. The largest absolute Gasteiger partial charge is 0.444 e. The fourth-order valence-electron chi connectivity index (χ4n) is 3.11. The van der Waals surface area contributed by atoms with Crippen molar-refractivity contribution in [1.82, 2.24) is 0 Å². The molecular weight excluding hydrogens is 282 g/mol. The van der Waals surface area contributed by atoms with Gasteiger partial charge in [-0.25, -0.2) is 0 Å². The van der Waals surface area contributed by atoms with Gasteiger partial charge < -0.3 is 9.73 Å². The molecule has 106 valence electrons. The molecule has 1 aliphatic carbocycles. The molecule has 0 bridgehead atoms. The van der Waals surface area contributed by atoms with Crippen molar-refractivity contribution in [2.75, 3.05) is 5.32 Å². The Hall–Kier alpha value is -1.93. The fraction of sp³-hybridized carbons (Fsp3) is 0.222. The molecule has 1 heterocycles. The third-order valence-electron chi connectivity index (χ3n) is 4.22. The minimum absolute atomic E-state index is 0.477. The Morgan fingerprint density at radius 3 is 2.86 bits per heavy atom. The van der Waals surface area contributed by atoms with E-state index < -0.39 is 0 Å². The van der Waals surface area contributed by atoms with Crippen molar-refractivity contribution in [2.45, 2.75) is 25.8 Å². The predicted octanol–water partition coefficient (Wildman–Crippen LogP) is 5.19. The first kappa shape index (κ1) is 12.8. The van der Waals surface area contributed by atoms with Crippen LogP contribution in [0.5, 0.6) is 0 Å². The van der Waals surface area contributed by atoms with Crippen LogP contribution in [0.15, 0.2) is 46.9 Å². The van der Waals surface area contributed by atoms with Crippen molar-refractivity contribution >= 4 is 28.3 Å². The van der Waals surface area contributed by atoms with Gasteiger partial charge in [0.05, 0.1) is 0 Å². The van der Waals surface area contributed by atoms with Crippen LogP contribution in [0.3, 0.4) is 0 Å². The number of hydrogen-bond acceptors (Lipinski definition) is 2. The molecule has 0 aliphatic heterocycles. The molecule has 1 aliphatic rings. The van der Waals surface area contributed by atoms with Crippen molar-refractivity contribution in [3.8, 4) is 0 Å². The van der Waals surface area contributed by atoms with Crippen LogP contribution in [0.2, 0.25) is 5.22 Å². The second-order valence-electron chi connectivity index (χ2n) is 5.54. The molecule has 0 saturated heterocycles. The molecular formula is C18H16ClNO. The molecule has 2 nitrogen and oxygen atoms in total. The number of aryl methyl sites for hydroxylation is 2. The molecule has 21 heavy (non-hydrogen) atoms. The first-order valence-electron chi connectivity index (χ1n) is 7.33. The van der Waals surface area contributed by atoms with E-state index in [0.717, 1.165) is 22.2 Å². The quantitative estimate of drug-likeness (QED) is 0.720. The molecule has 0 amide bonds. The van der Waals surface area contributed by atoms with E-state index in [1.165, 1.54) is 30.4 Å². The van der Waals surface area contributed by atoms with E-state index in [-0.39, 0.29) is 0 Å². The number of fused-ring (bicyclic) bond motifs is 2. The number of rotatable bonds is 3. The van der Waals surface area contributed by atoms with E-state index in [4.69, 9.17) is 16.0 Å².